The molecule has 2 aromatic rings. The van der Waals surface area contributed by atoms with E-state index in [9.17, 15) is 22.0 Å². The zero-order valence-electron chi connectivity index (χ0n) is 15.9. The molecule has 2 aliphatic rings. The van der Waals surface area contributed by atoms with E-state index in [0.717, 1.165) is 12.3 Å². The zero-order chi connectivity index (χ0) is 21.3. The SMILES string of the molecule is O=C(Nc1cncc(F)c1)N1CCCNS(=O)(=O)c2ccc(N3CC[C@H](F)C3)nc21. The fourth-order valence-corrected chi connectivity index (χ4v) is 4.64. The van der Waals surface area contributed by atoms with Crippen LogP contribution in [0.5, 0.6) is 0 Å². The smallest absolute Gasteiger partial charge is 0.327 e. The molecule has 0 unspecified atom stereocenters. The summed E-state index contributed by atoms with van der Waals surface area (Å²) in [7, 11) is -3.90. The van der Waals surface area contributed by atoms with Crippen LogP contribution < -0.4 is 19.8 Å². The van der Waals surface area contributed by atoms with Gasteiger partial charge in [0.25, 0.3) is 0 Å². The van der Waals surface area contributed by atoms with Gasteiger partial charge in [0, 0.05) is 25.7 Å². The summed E-state index contributed by atoms with van der Waals surface area (Å²) in [6.07, 6.45) is 1.99. The average Bonchev–Trinajstić information content (AvgIpc) is 3.13. The molecule has 12 heteroatoms. The number of pyridine rings is 2. The number of urea groups is 1. The van der Waals surface area contributed by atoms with Crippen molar-refractivity contribution in [2.45, 2.75) is 23.9 Å². The van der Waals surface area contributed by atoms with E-state index in [1.54, 1.807) is 4.90 Å². The lowest BCUT2D eigenvalue weighted by Crippen LogP contribution is -2.41. The Morgan fingerprint density at radius 1 is 1.27 bits per heavy atom. The predicted octanol–water partition coefficient (Wildman–Crippen LogP) is 1.88. The second-order valence-electron chi connectivity index (χ2n) is 7.05. The highest BCUT2D eigenvalue weighted by atomic mass is 32.2. The van der Waals surface area contributed by atoms with Crippen LogP contribution in [0.25, 0.3) is 0 Å². The first kappa shape index (κ1) is 20.4. The van der Waals surface area contributed by atoms with Crippen molar-refractivity contribution >= 4 is 33.4 Å². The number of hydrogen-bond acceptors (Lipinski definition) is 6. The maximum Gasteiger partial charge on any atom is 0.327 e. The Kier molecular flexibility index (Phi) is 5.52. The molecule has 30 heavy (non-hydrogen) atoms. The standard InChI is InChI=1S/C18H20F2N6O3S/c19-12-4-7-25(11-12)16-3-2-15-17(24-16)26(6-1-5-22-30(15,28)29)18(27)23-14-8-13(20)9-21-10-14/h2-3,8-10,12,22H,1,4-7,11H2,(H,23,27)/t12-/m0/s1. The maximum absolute atomic E-state index is 13.6. The molecular weight excluding hydrogens is 418 g/mol. The summed E-state index contributed by atoms with van der Waals surface area (Å²) >= 11 is 0. The molecular formula is C18H20F2N6O3S. The topological polar surface area (TPSA) is 108 Å². The van der Waals surface area contributed by atoms with Crippen LogP contribution in [0.3, 0.4) is 0 Å². The number of carbonyl (C=O) groups excluding carboxylic acids is 1. The van der Waals surface area contributed by atoms with E-state index in [1.807, 2.05) is 0 Å². The molecule has 2 amide bonds. The normalized spacial score (nSPS) is 20.9. The van der Waals surface area contributed by atoms with Gasteiger partial charge in [-0.15, -0.1) is 0 Å². The fourth-order valence-electron chi connectivity index (χ4n) is 3.43. The third-order valence-corrected chi connectivity index (χ3v) is 6.36. The summed E-state index contributed by atoms with van der Waals surface area (Å²) in [6.45, 7) is 0.911. The molecule has 0 radical (unpaired) electrons. The first-order chi connectivity index (χ1) is 14.3. The number of amides is 2. The van der Waals surface area contributed by atoms with Gasteiger partial charge in [0.15, 0.2) is 5.82 Å². The van der Waals surface area contributed by atoms with Crippen LogP contribution in [-0.2, 0) is 10.0 Å². The highest BCUT2D eigenvalue weighted by molar-refractivity contribution is 7.89. The Morgan fingerprint density at radius 3 is 2.83 bits per heavy atom. The minimum atomic E-state index is -3.90. The first-order valence-corrected chi connectivity index (χ1v) is 10.9. The quantitative estimate of drug-likeness (QED) is 0.742. The van der Waals surface area contributed by atoms with Crippen LogP contribution in [0.15, 0.2) is 35.5 Å². The number of nitrogens with zero attached hydrogens (tertiary/aromatic N) is 4. The van der Waals surface area contributed by atoms with Gasteiger partial charge in [0.05, 0.1) is 24.6 Å². The van der Waals surface area contributed by atoms with Crippen molar-refractivity contribution in [3.05, 3.63) is 36.4 Å². The van der Waals surface area contributed by atoms with Gasteiger partial charge in [0.1, 0.15) is 22.7 Å². The lowest BCUT2D eigenvalue weighted by Gasteiger charge is -2.28. The molecule has 0 saturated carbocycles. The molecule has 1 fully saturated rings. The van der Waals surface area contributed by atoms with Crippen molar-refractivity contribution in [3.8, 4) is 0 Å². The van der Waals surface area contributed by atoms with Crippen LogP contribution in [0.2, 0.25) is 0 Å². The number of anilines is 3. The Hall–Kier alpha value is -2.86. The van der Waals surface area contributed by atoms with E-state index in [1.165, 1.54) is 23.2 Å². The number of nitrogens with one attached hydrogen (secondary N) is 2. The Labute approximate surface area is 172 Å². The van der Waals surface area contributed by atoms with Gasteiger partial charge < -0.3 is 10.2 Å². The second kappa shape index (κ2) is 8.11. The van der Waals surface area contributed by atoms with Crippen molar-refractivity contribution in [3.63, 3.8) is 0 Å². The molecule has 1 saturated heterocycles. The van der Waals surface area contributed by atoms with E-state index >= 15 is 0 Å². The fraction of sp³-hybridized carbons (Fsp3) is 0.389. The van der Waals surface area contributed by atoms with Gasteiger partial charge in [-0.3, -0.25) is 9.88 Å². The highest BCUT2D eigenvalue weighted by Gasteiger charge is 2.31. The Balaban J connectivity index is 1.72. The van der Waals surface area contributed by atoms with E-state index < -0.39 is 28.0 Å². The van der Waals surface area contributed by atoms with Gasteiger partial charge in [-0.1, -0.05) is 0 Å². The van der Waals surface area contributed by atoms with E-state index in [-0.39, 0.29) is 36.0 Å². The number of aromatic nitrogens is 2. The summed E-state index contributed by atoms with van der Waals surface area (Å²) in [5.74, 6) is -0.304. The molecule has 0 spiro atoms. The van der Waals surface area contributed by atoms with E-state index in [2.05, 4.69) is 20.0 Å². The van der Waals surface area contributed by atoms with Crippen molar-refractivity contribution < 1.29 is 22.0 Å². The maximum atomic E-state index is 13.6. The van der Waals surface area contributed by atoms with Crippen LogP contribution in [0.1, 0.15) is 12.8 Å². The van der Waals surface area contributed by atoms with E-state index in [4.69, 9.17) is 0 Å². The minimum Gasteiger partial charge on any atom is -0.354 e. The van der Waals surface area contributed by atoms with Crippen LogP contribution >= 0.6 is 0 Å². The first-order valence-electron chi connectivity index (χ1n) is 9.42. The van der Waals surface area contributed by atoms with Crippen molar-refractivity contribution in [1.29, 1.82) is 0 Å². The third kappa shape index (κ3) is 4.19. The summed E-state index contributed by atoms with van der Waals surface area (Å²) in [5.41, 5.74) is 0.126. The number of rotatable bonds is 2. The Morgan fingerprint density at radius 2 is 2.10 bits per heavy atom. The number of fused-ring (bicyclic) bond motifs is 1. The number of carbonyl (C=O) groups is 1. The summed E-state index contributed by atoms with van der Waals surface area (Å²) < 4.78 is 54.8. The van der Waals surface area contributed by atoms with Crippen molar-refractivity contribution in [2.75, 3.05) is 41.3 Å². The van der Waals surface area contributed by atoms with E-state index in [0.29, 0.717) is 25.2 Å². The summed E-state index contributed by atoms with van der Waals surface area (Å²) in [4.78, 5) is 23.8. The predicted molar refractivity (Wildman–Crippen MR) is 106 cm³/mol. The Bertz CT molecular complexity index is 1070. The number of halogens is 2. The van der Waals surface area contributed by atoms with Gasteiger partial charge in [0.2, 0.25) is 10.0 Å². The minimum absolute atomic E-state index is 0.0659. The van der Waals surface area contributed by atoms with Gasteiger partial charge in [-0.05, 0) is 25.0 Å². The monoisotopic (exact) mass is 438 g/mol. The lowest BCUT2D eigenvalue weighted by atomic mass is 10.3. The molecule has 0 bridgehead atoms. The lowest BCUT2D eigenvalue weighted by molar-refractivity contribution is 0.256. The number of alkyl halides is 1. The molecule has 2 aromatic heterocycles. The molecule has 2 aliphatic heterocycles. The molecule has 2 N–H and O–H groups in total. The molecule has 4 heterocycles. The third-order valence-electron chi connectivity index (χ3n) is 4.88. The largest absolute Gasteiger partial charge is 0.354 e. The number of sulfonamides is 1. The van der Waals surface area contributed by atoms with Crippen LogP contribution in [-0.4, -0.2) is 56.8 Å². The molecule has 1 atom stereocenters. The average molecular weight is 438 g/mol. The molecule has 0 aliphatic carbocycles. The molecule has 4 rings (SSSR count). The zero-order valence-corrected chi connectivity index (χ0v) is 16.7. The van der Waals surface area contributed by atoms with Gasteiger partial charge >= 0.3 is 6.03 Å². The molecule has 160 valence electrons. The van der Waals surface area contributed by atoms with Crippen molar-refractivity contribution in [1.82, 2.24) is 14.7 Å². The number of hydrogen-bond donors (Lipinski definition) is 2. The van der Waals surface area contributed by atoms with Gasteiger partial charge in [-0.25, -0.2) is 31.7 Å². The second-order valence-corrected chi connectivity index (χ2v) is 8.78. The summed E-state index contributed by atoms with van der Waals surface area (Å²) in [6, 6.07) is 3.30. The van der Waals surface area contributed by atoms with Gasteiger partial charge in [-0.2, -0.15) is 0 Å². The summed E-state index contributed by atoms with van der Waals surface area (Å²) in [5, 5.41) is 2.52. The highest BCUT2D eigenvalue weighted by Crippen LogP contribution is 2.30. The molecule has 9 nitrogen and oxygen atoms in total. The van der Waals surface area contributed by atoms with Crippen LogP contribution in [0.4, 0.5) is 30.9 Å². The van der Waals surface area contributed by atoms with Crippen molar-refractivity contribution in [2.24, 2.45) is 0 Å². The van der Waals surface area contributed by atoms with Crippen LogP contribution in [0, 0.1) is 5.82 Å². The molecule has 0 aromatic carbocycles.